The number of aryl methyl sites for hydroxylation is 1. The summed E-state index contributed by atoms with van der Waals surface area (Å²) in [5, 5.41) is 10.2. The highest BCUT2D eigenvalue weighted by atomic mass is 35.5. The molecule has 1 amide bonds. The number of carbonyl (C=O) groups is 1. The lowest BCUT2D eigenvalue weighted by Crippen LogP contribution is -2.39. The van der Waals surface area contributed by atoms with E-state index < -0.39 is 5.82 Å². The van der Waals surface area contributed by atoms with Gasteiger partial charge in [0.1, 0.15) is 11.6 Å². The van der Waals surface area contributed by atoms with E-state index in [9.17, 15) is 9.18 Å². The molecule has 30 heavy (non-hydrogen) atoms. The minimum absolute atomic E-state index is 0.0247. The van der Waals surface area contributed by atoms with Crippen LogP contribution in [0.1, 0.15) is 34.7 Å². The van der Waals surface area contributed by atoms with Crippen molar-refractivity contribution in [3.8, 4) is 0 Å². The van der Waals surface area contributed by atoms with Crippen molar-refractivity contribution in [1.29, 1.82) is 0 Å². The molecule has 3 heterocycles. The molecule has 1 aliphatic rings. The molecule has 0 bridgehead atoms. The minimum Gasteiger partial charge on any atom is -0.339 e. The number of H-pyrrole nitrogens is 1. The first-order valence-electron chi connectivity index (χ1n) is 9.84. The van der Waals surface area contributed by atoms with Gasteiger partial charge in [-0.3, -0.25) is 9.89 Å². The maximum absolute atomic E-state index is 14.2. The minimum atomic E-state index is -0.656. The number of aromatic nitrogens is 4. The molecule has 156 valence electrons. The highest BCUT2D eigenvalue weighted by molar-refractivity contribution is 6.31. The molecule has 1 fully saturated rings. The number of likely N-dealkylation sites (tertiary alicyclic amines) is 1. The monoisotopic (exact) mass is 428 g/mol. The molecule has 1 aromatic carbocycles. The van der Waals surface area contributed by atoms with Crippen molar-refractivity contribution >= 4 is 29.1 Å². The Labute approximate surface area is 178 Å². The van der Waals surface area contributed by atoms with Crippen LogP contribution >= 0.6 is 11.6 Å². The summed E-state index contributed by atoms with van der Waals surface area (Å²) < 4.78 is 14.2. The first-order chi connectivity index (χ1) is 14.5. The van der Waals surface area contributed by atoms with Gasteiger partial charge in [0, 0.05) is 37.5 Å². The van der Waals surface area contributed by atoms with Gasteiger partial charge in [-0.2, -0.15) is 5.10 Å². The normalized spacial score (nSPS) is 14.7. The van der Waals surface area contributed by atoms with Crippen LogP contribution in [0.2, 0.25) is 5.02 Å². The maximum Gasteiger partial charge on any atom is 0.256 e. The van der Waals surface area contributed by atoms with Crippen LogP contribution in [-0.2, 0) is 6.42 Å². The fourth-order valence-electron chi connectivity index (χ4n) is 3.62. The maximum atomic E-state index is 14.2. The molecular formula is C21H22ClFN6O. The predicted octanol–water partition coefficient (Wildman–Crippen LogP) is 4.14. The molecule has 7 nitrogen and oxygen atoms in total. The Morgan fingerprint density at radius 2 is 2.10 bits per heavy atom. The molecule has 0 spiro atoms. The van der Waals surface area contributed by atoms with Gasteiger partial charge in [-0.25, -0.2) is 14.4 Å². The summed E-state index contributed by atoms with van der Waals surface area (Å²) in [5.41, 5.74) is 0.988. The van der Waals surface area contributed by atoms with Crippen LogP contribution in [0, 0.1) is 18.7 Å². The summed E-state index contributed by atoms with van der Waals surface area (Å²) in [5.74, 6) is 1.54. The standard InChI is InChI=1S/C21H22ClFN6O/c1-13-11-19(28-27-13)26-17-5-8-24-18(25-17)12-14-6-9-29(10-7-14)21(30)15-3-2-4-16(22)20(15)23/h2-5,8,11,14H,6-7,9-10,12H2,1H3,(H2,24,25,26,27,28). The van der Waals surface area contributed by atoms with E-state index in [0.29, 0.717) is 30.6 Å². The summed E-state index contributed by atoms with van der Waals surface area (Å²) in [6.45, 7) is 3.07. The molecule has 0 atom stereocenters. The summed E-state index contributed by atoms with van der Waals surface area (Å²) in [6.07, 6.45) is 4.08. The molecule has 0 saturated carbocycles. The summed E-state index contributed by atoms with van der Waals surface area (Å²) in [7, 11) is 0. The zero-order valence-electron chi connectivity index (χ0n) is 16.5. The largest absolute Gasteiger partial charge is 0.339 e. The first kappa shape index (κ1) is 20.3. The Balaban J connectivity index is 1.34. The zero-order valence-corrected chi connectivity index (χ0v) is 17.3. The Morgan fingerprint density at radius 1 is 1.30 bits per heavy atom. The Morgan fingerprint density at radius 3 is 2.83 bits per heavy atom. The Hall–Kier alpha value is -3.00. The van der Waals surface area contributed by atoms with E-state index in [1.165, 1.54) is 12.1 Å². The zero-order chi connectivity index (χ0) is 21.1. The number of rotatable bonds is 5. The van der Waals surface area contributed by atoms with E-state index >= 15 is 0 Å². The Kier molecular flexibility index (Phi) is 5.94. The third-order valence-electron chi connectivity index (χ3n) is 5.22. The fraction of sp³-hybridized carbons (Fsp3) is 0.333. The van der Waals surface area contributed by atoms with Crippen LogP contribution < -0.4 is 5.32 Å². The number of nitrogens with one attached hydrogen (secondary N) is 2. The molecule has 2 aromatic heterocycles. The van der Waals surface area contributed by atoms with E-state index in [1.54, 1.807) is 23.2 Å². The van der Waals surface area contributed by atoms with Crippen molar-refractivity contribution < 1.29 is 9.18 Å². The van der Waals surface area contributed by atoms with Gasteiger partial charge in [0.15, 0.2) is 11.6 Å². The van der Waals surface area contributed by atoms with Gasteiger partial charge in [0.05, 0.1) is 10.6 Å². The number of amides is 1. The molecule has 9 heteroatoms. The second-order valence-electron chi connectivity index (χ2n) is 7.46. The SMILES string of the molecule is Cc1cc(Nc2ccnc(CC3CCN(C(=O)c4cccc(Cl)c4F)CC3)n2)n[nH]1. The number of anilines is 2. The third kappa shape index (κ3) is 4.59. The summed E-state index contributed by atoms with van der Waals surface area (Å²) in [4.78, 5) is 23.3. The number of halogens is 2. The van der Waals surface area contributed by atoms with Crippen molar-refractivity contribution in [1.82, 2.24) is 25.1 Å². The van der Waals surface area contributed by atoms with Crippen molar-refractivity contribution in [2.75, 3.05) is 18.4 Å². The van der Waals surface area contributed by atoms with E-state index in [4.69, 9.17) is 11.6 Å². The van der Waals surface area contributed by atoms with E-state index in [1.807, 2.05) is 13.0 Å². The van der Waals surface area contributed by atoms with Crippen LogP contribution in [0.5, 0.6) is 0 Å². The van der Waals surface area contributed by atoms with E-state index in [2.05, 4.69) is 25.5 Å². The van der Waals surface area contributed by atoms with Crippen molar-refractivity contribution in [3.05, 3.63) is 64.5 Å². The van der Waals surface area contributed by atoms with E-state index in [-0.39, 0.29) is 16.5 Å². The third-order valence-corrected chi connectivity index (χ3v) is 5.51. The van der Waals surface area contributed by atoms with Gasteiger partial charge < -0.3 is 10.2 Å². The molecule has 1 saturated heterocycles. The molecule has 0 radical (unpaired) electrons. The molecular weight excluding hydrogens is 407 g/mol. The number of nitrogens with zero attached hydrogens (tertiary/aromatic N) is 4. The topological polar surface area (TPSA) is 86.8 Å². The van der Waals surface area contributed by atoms with Gasteiger partial charge in [-0.05, 0) is 43.9 Å². The van der Waals surface area contributed by atoms with Gasteiger partial charge in [0.2, 0.25) is 0 Å². The Bertz CT molecular complexity index is 1050. The lowest BCUT2D eigenvalue weighted by atomic mass is 9.93. The number of benzene rings is 1. The lowest BCUT2D eigenvalue weighted by molar-refractivity contribution is 0.0685. The number of carbonyl (C=O) groups excluding carboxylic acids is 1. The fourth-order valence-corrected chi connectivity index (χ4v) is 3.79. The summed E-state index contributed by atoms with van der Waals surface area (Å²) >= 11 is 5.80. The molecule has 1 aliphatic heterocycles. The van der Waals surface area contributed by atoms with Crippen LogP contribution in [0.4, 0.5) is 16.0 Å². The average Bonchev–Trinajstić information content (AvgIpc) is 3.15. The number of piperidine rings is 1. The second kappa shape index (κ2) is 8.79. The number of hydrogen-bond donors (Lipinski definition) is 2. The van der Waals surface area contributed by atoms with Gasteiger partial charge in [-0.15, -0.1) is 0 Å². The number of aromatic amines is 1. The summed E-state index contributed by atoms with van der Waals surface area (Å²) in [6, 6.07) is 8.21. The van der Waals surface area contributed by atoms with Gasteiger partial charge in [0.25, 0.3) is 5.91 Å². The predicted molar refractivity (Wildman–Crippen MR) is 112 cm³/mol. The van der Waals surface area contributed by atoms with Gasteiger partial charge >= 0.3 is 0 Å². The van der Waals surface area contributed by atoms with E-state index in [0.717, 1.165) is 30.8 Å². The molecule has 0 aliphatic carbocycles. The lowest BCUT2D eigenvalue weighted by Gasteiger charge is -2.32. The number of hydrogen-bond acceptors (Lipinski definition) is 5. The molecule has 2 N–H and O–H groups in total. The quantitative estimate of drug-likeness (QED) is 0.637. The smallest absolute Gasteiger partial charge is 0.256 e. The van der Waals surface area contributed by atoms with Crippen molar-refractivity contribution in [2.45, 2.75) is 26.2 Å². The molecule has 4 rings (SSSR count). The van der Waals surface area contributed by atoms with Crippen LogP contribution in [-0.4, -0.2) is 44.1 Å². The van der Waals surface area contributed by atoms with Crippen LogP contribution in [0.15, 0.2) is 36.5 Å². The van der Waals surface area contributed by atoms with Crippen LogP contribution in [0.3, 0.4) is 0 Å². The van der Waals surface area contributed by atoms with Crippen molar-refractivity contribution in [2.24, 2.45) is 5.92 Å². The van der Waals surface area contributed by atoms with Gasteiger partial charge in [-0.1, -0.05) is 17.7 Å². The highest BCUT2D eigenvalue weighted by Gasteiger charge is 2.26. The average molecular weight is 429 g/mol. The first-order valence-corrected chi connectivity index (χ1v) is 10.2. The molecule has 3 aromatic rings. The van der Waals surface area contributed by atoms with Crippen LogP contribution in [0.25, 0.3) is 0 Å². The molecule has 0 unspecified atom stereocenters. The second-order valence-corrected chi connectivity index (χ2v) is 7.87. The van der Waals surface area contributed by atoms with Crippen molar-refractivity contribution in [3.63, 3.8) is 0 Å². The highest BCUT2D eigenvalue weighted by Crippen LogP contribution is 2.25.